The van der Waals surface area contributed by atoms with E-state index in [9.17, 15) is 14.7 Å². The van der Waals surface area contributed by atoms with E-state index in [1.165, 1.54) is 0 Å². The van der Waals surface area contributed by atoms with Crippen molar-refractivity contribution >= 4 is 11.8 Å². The van der Waals surface area contributed by atoms with Crippen molar-refractivity contribution in [1.29, 1.82) is 0 Å². The number of ketones is 1. The van der Waals surface area contributed by atoms with Crippen LogP contribution in [0.1, 0.15) is 40.0 Å². The molecule has 0 heterocycles. The van der Waals surface area contributed by atoms with Crippen molar-refractivity contribution in [3.63, 3.8) is 0 Å². The highest BCUT2D eigenvalue weighted by Crippen LogP contribution is 2.28. The highest BCUT2D eigenvalue weighted by Gasteiger charge is 2.32. The lowest BCUT2D eigenvalue weighted by molar-refractivity contribution is -0.144. The van der Waals surface area contributed by atoms with Crippen LogP contribution in [0.2, 0.25) is 0 Å². The molecule has 1 N–H and O–H groups in total. The van der Waals surface area contributed by atoms with Crippen molar-refractivity contribution in [2.45, 2.75) is 40.0 Å². The Morgan fingerprint density at radius 1 is 1.19 bits per heavy atom. The summed E-state index contributed by atoms with van der Waals surface area (Å²) < 4.78 is 0. The summed E-state index contributed by atoms with van der Waals surface area (Å²) in [5.41, 5.74) is -1.03. The molecule has 0 rings (SSSR count). The van der Waals surface area contributed by atoms with Crippen molar-refractivity contribution in [3.8, 4) is 0 Å². The Morgan fingerprint density at radius 3 is 2.00 bits per heavy atom. The molecule has 0 saturated carbocycles. The topological polar surface area (TPSA) is 54.4 Å². The van der Waals surface area contributed by atoms with Crippen LogP contribution in [-0.2, 0) is 9.59 Å². The summed E-state index contributed by atoms with van der Waals surface area (Å²) in [7, 11) is 0. The number of allylic oxidation sites excluding steroid dienone is 2. The molecule has 3 nitrogen and oxygen atoms in total. The Labute approximate surface area is 96.9 Å². The maximum atomic E-state index is 11.3. The molecular weight excluding hydrogens is 204 g/mol. The number of carbonyl (C=O) groups is 2. The molecule has 90 valence electrons. The summed E-state index contributed by atoms with van der Waals surface area (Å²) in [6, 6.07) is 0. The van der Waals surface area contributed by atoms with E-state index in [2.05, 4.69) is 0 Å². The molecule has 0 saturated heterocycles. The molecule has 0 spiro atoms. The summed E-state index contributed by atoms with van der Waals surface area (Å²) >= 11 is 0. The lowest BCUT2D eigenvalue weighted by Crippen LogP contribution is -2.27. The van der Waals surface area contributed by atoms with E-state index in [0.29, 0.717) is 19.3 Å². The maximum absolute atomic E-state index is 11.3. The Kier molecular flexibility index (Phi) is 6.38. The zero-order chi connectivity index (χ0) is 12.6. The average Bonchev–Trinajstić information content (AvgIpc) is 2.25. The van der Waals surface area contributed by atoms with Gasteiger partial charge in [-0.25, -0.2) is 0 Å². The zero-order valence-corrected chi connectivity index (χ0v) is 10.2. The van der Waals surface area contributed by atoms with Crippen LogP contribution in [0.3, 0.4) is 0 Å². The fraction of sp³-hybridized carbons (Fsp3) is 0.538. The quantitative estimate of drug-likeness (QED) is 0.676. The Balaban J connectivity index is 4.90. The molecular formula is C13H20O3. The van der Waals surface area contributed by atoms with Gasteiger partial charge in [0, 0.05) is 12.8 Å². The molecule has 0 aromatic rings. The third-order valence-corrected chi connectivity index (χ3v) is 2.54. The molecule has 0 aliphatic heterocycles. The molecule has 16 heavy (non-hydrogen) atoms. The predicted molar refractivity (Wildman–Crippen MR) is 64.2 cm³/mol. The highest BCUT2D eigenvalue weighted by molar-refractivity contribution is 5.82. The van der Waals surface area contributed by atoms with Crippen LogP contribution in [0.5, 0.6) is 0 Å². The van der Waals surface area contributed by atoms with E-state index in [0.717, 1.165) is 0 Å². The second-order valence-electron chi connectivity index (χ2n) is 3.74. The molecule has 0 aliphatic rings. The van der Waals surface area contributed by atoms with Crippen molar-refractivity contribution < 1.29 is 14.7 Å². The largest absolute Gasteiger partial charge is 0.480 e. The highest BCUT2D eigenvalue weighted by atomic mass is 16.4. The van der Waals surface area contributed by atoms with Crippen LogP contribution in [0.15, 0.2) is 24.3 Å². The zero-order valence-electron chi connectivity index (χ0n) is 10.2. The molecule has 0 fully saturated rings. The third-order valence-electron chi connectivity index (χ3n) is 2.54. The minimum absolute atomic E-state index is 0.0969. The van der Waals surface area contributed by atoms with E-state index in [-0.39, 0.29) is 5.78 Å². The summed E-state index contributed by atoms with van der Waals surface area (Å²) in [4.78, 5) is 22.5. The summed E-state index contributed by atoms with van der Waals surface area (Å²) in [6.45, 7) is 5.35. The number of carbonyl (C=O) groups excluding carboxylic acids is 1. The maximum Gasteiger partial charge on any atom is 0.317 e. The lowest BCUT2D eigenvalue weighted by Gasteiger charge is -2.21. The predicted octanol–water partition coefficient (Wildman–Crippen LogP) is 2.97. The van der Waals surface area contributed by atoms with Gasteiger partial charge in [0.2, 0.25) is 0 Å². The number of carboxylic acids is 1. The van der Waals surface area contributed by atoms with Gasteiger partial charge in [-0.3, -0.25) is 9.59 Å². The van der Waals surface area contributed by atoms with Gasteiger partial charge in [-0.15, -0.1) is 0 Å². The molecule has 0 amide bonds. The number of Topliss-reactive ketones (excluding diaryl/α,β-unsaturated/α-hetero) is 1. The van der Waals surface area contributed by atoms with Gasteiger partial charge >= 0.3 is 5.97 Å². The fourth-order valence-electron chi connectivity index (χ4n) is 1.59. The number of aliphatic carboxylic acids is 1. The Bertz CT molecular complexity index is 288. The number of hydrogen-bond acceptors (Lipinski definition) is 2. The van der Waals surface area contributed by atoms with Gasteiger partial charge in [-0.05, 0) is 20.3 Å². The molecule has 0 radical (unpaired) electrons. The van der Waals surface area contributed by atoms with Crippen molar-refractivity contribution in [2.75, 3.05) is 0 Å². The van der Waals surface area contributed by atoms with E-state index in [1.807, 2.05) is 0 Å². The average molecular weight is 224 g/mol. The first-order valence-electron chi connectivity index (χ1n) is 5.55. The van der Waals surface area contributed by atoms with Gasteiger partial charge in [-0.1, -0.05) is 31.2 Å². The Hall–Kier alpha value is -1.38. The second kappa shape index (κ2) is 6.99. The first-order chi connectivity index (χ1) is 7.52. The van der Waals surface area contributed by atoms with Gasteiger partial charge in [0.1, 0.15) is 11.2 Å². The molecule has 3 heteroatoms. The summed E-state index contributed by atoms with van der Waals surface area (Å²) in [5.74, 6) is -0.813. The van der Waals surface area contributed by atoms with Gasteiger partial charge in [0.25, 0.3) is 0 Å². The SMILES string of the molecule is CC=CC(C=CC)(CCC(=O)CC)C(=O)O. The molecule has 0 unspecified atom stereocenters. The normalized spacial score (nSPS) is 15.4. The second-order valence-corrected chi connectivity index (χ2v) is 3.74. The molecule has 0 bridgehead atoms. The summed E-state index contributed by atoms with van der Waals surface area (Å²) in [6.07, 6.45) is 7.79. The van der Waals surface area contributed by atoms with Gasteiger partial charge in [0.15, 0.2) is 0 Å². The lowest BCUT2D eigenvalue weighted by atomic mass is 9.81. The number of carboxylic acid groups (broad SMARTS) is 1. The van der Waals surface area contributed by atoms with Crippen molar-refractivity contribution in [1.82, 2.24) is 0 Å². The van der Waals surface area contributed by atoms with Crippen LogP contribution in [0.4, 0.5) is 0 Å². The Morgan fingerprint density at radius 2 is 1.69 bits per heavy atom. The van der Waals surface area contributed by atoms with Crippen molar-refractivity contribution in [2.24, 2.45) is 5.41 Å². The van der Waals surface area contributed by atoms with Crippen LogP contribution < -0.4 is 0 Å². The molecule has 0 aromatic carbocycles. The number of hydrogen-bond donors (Lipinski definition) is 1. The molecule has 0 aliphatic carbocycles. The van der Waals surface area contributed by atoms with E-state index < -0.39 is 11.4 Å². The third kappa shape index (κ3) is 4.01. The van der Waals surface area contributed by atoms with E-state index >= 15 is 0 Å². The fourth-order valence-corrected chi connectivity index (χ4v) is 1.59. The van der Waals surface area contributed by atoms with Crippen LogP contribution in [0.25, 0.3) is 0 Å². The molecule has 0 atom stereocenters. The van der Waals surface area contributed by atoms with Crippen LogP contribution in [0, 0.1) is 5.41 Å². The van der Waals surface area contributed by atoms with E-state index in [4.69, 9.17) is 0 Å². The van der Waals surface area contributed by atoms with Crippen LogP contribution in [-0.4, -0.2) is 16.9 Å². The standard InChI is InChI=1S/C13H20O3/c1-4-8-13(9-5-2,12(15)16)10-7-11(14)6-3/h4-5,8-9H,6-7,10H2,1-3H3,(H,15,16). The monoisotopic (exact) mass is 224 g/mol. The first kappa shape index (κ1) is 14.6. The minimum Gasteiger partial charge on any atom is -0.480 e. The van der Waals surface area contributed by atoms with Crippen LogP contribution >= 0.6 is 0 Å². The smallest absolute Gasteiger partial charge is 0.317 e. The van der Waals surface area contributed by atoms with Crippen molar-refractivity contribution in [3.05, 3.63) is 24.3 Å². The van der Waals surface area contributed by atoms with Gasteiger partial charge in [0.05, 0.1) is 0 Å². The molecule has 0 aromatic heterocycles. The number of rotatable bonds is 7. The summed E-state index contributed by atoms with van der Waals surface area (Å²) in [5, 5.41) is 9.26. The van der Waals surface area contributed by atoms with Gasteiger partial charge < -0.3 is 5.11 Å². The van der Waals surface area contributed by atoms with Gasteiger partial charge in [-0.2, -0.15) is 0 Å². The first-order valence-corrected chi connectivity index (χ1v) is 5.55. The minimum atomic E-state index is -1.03. The van der Waals surface area contributed by atoms with E-state index in [1.54, 1.807) is 45.1 Å².